The number of nitrogens with two attached hydrogens (primary N) is 1. The molecule has 1 aromatic carbocycles. The molecular formula is C21H30IN7O. The van der Waals surface area contributed by atoms with Gasteiger partial charge in [0.15, 0.2) is 5.96 Å². The first-order chi connectivity index (χ1) is 14.2. The first-order valence-corrected chi connectivity index (χ1v) is 10.2. The summed E-state index contributed by atoms with van der Waals surface area (Å²) in [7, 11) is 0. The second kappa shape index (κ2) is 12.4. The summed E-state index contributed by atoms with van der Waals surface area (Å²) in [5.41, 5.74) is 8.18. The molecule has 0 spiro atoms. The second-order valence-corrected chi connectivity index (χ2v) is 6.95. The molecule has 3 rings (SSSR count). The number of hydrogen-bond donors (Lipinski definition) is 3. The summed E-state index contributed by atoms with van der Waals surface area (Å²) >= 11 is 0. The van der Waals surface area contributed by atoms with Crippen molar-refractivity contribution in [3.8, 4) is 11.8 Å². The van der Waals surface area contributed by atoms with E-state index in [9.17, 15) is 5.26 Å². The number of hydrogen-bond acceptors (Lipinski definition) is 5. The fourth-order valence-corrected chi connectivity index (χ4v) is 3.33. The lowest BCUT2D eigenvalue weighted by atomic mass is 10.1. The zero-order valence-electron chi connectivity index (χ0n) is 17.3. The lowest BCUT2D eigenvalue weighted by Crippen LogP contribution is -2.38. The van der Waals surface area contributed by atoms with Crippen LogP contribution in [0.1, 0.15) is 37.4 Å². The van der Waals surface area contributed by atoms with Gasteiger partial charge in [0, 0.05) is 19.7 Å². The molecule has 30 heavy (non-hydrogen) atoms. The van der Waals surface area contributed by atoms with Crippen LogP contribution in [0.4, 0.5) is 5.82 Å². The van der Waals surface area contributed by atoms with Crippen molar-refractivity contribution in [1.29, 1.82) is 5.26 Å². The molecule has 9 heteroatoms. The maximum Gasteiger partial charge on any atom is 0.191 e. The third-order valence-electron chi connectivity index (χ3n) is 4.81. The van der Waals surface area contributed by atoms with Crippen molar-refractivity contribution < 1.29 is 4.74 Å². The molecule has 1 atom stereocenters. The number of halogens is 1. The predicted octanol–water partition coefficient (Wildman–Crippen LogP) is 2.61. The van der Waals surface area contributed by atoms with Gasteiger partial charge < -0.3 is 21.1 Å². The Morgan fingerprint density at radius 3 is 2.83 bits per heavy atom. The molecule has 1 aliphatic rings. The van der Waals surface area contributed by atoms with Crippen molar-refractivity contribution in [3.63, 3.8) is 0 Å². The highest BCUT2D eigenvalue weighted by Gasteiger charge is 2.17. The van der Waals surface area contributed by atoms with E-state index < -0.39 is 0 Å². The number of nitriles is 1. The number of guanidine groups is 1. The molecule has 162 valence electrons. The van der Waals surface area contributed by atoms with Crippen LogP contribution in [0.3, 0.4) is 0 Å². The van der Waals surface area contributed by atoms with Crippen LogP contribution in [-0.4, -0.2) is 48.1 Å². The third kappa shape index (κ3) is 6.34. The Labute approximate surface area is 194 Å². The number of nitrogens with zero attached hydrogens (tertiary/aromatic N) is 4. The van der Waals surface area contributed by atoms with Crippen LogP contribution in [0.2, 0.25) is 0 Å². The fraction of sp³-hybridized carbons (Fsp3) is 0.476. The van der Waals surface area contributed by atoms with Crippen molar-refractivity contribution >= 4 is 35.8 Å². The lowest BCUT2D eigenvalue weighted by molar-refractivity contribution is 0.117. The molecule has 1 saturated heterocycles. The average molecular weight is 523 g/mol. The van der Waals surface area contributed by atoms with E-state index in [1.807, 2.05) is 37.3 Å². The monoisotopic (exact) mass is 523 g/mol. The summed E-state index contributed by atoms with van der Waals surface area (Å²) in [4.78, 5) is 4.61. The van der Waals surface area contributed by atoms with E-state index in [2.05, 4.69) is 26.8 Å². The quantitative estimate of drug-likeness (QED) is 0.212. The summed E-state index contributed by atoms with van der Waals surface area (Å²) in [5, 5.41) is 20.7. The summed E-state index contributed by atoms with van der Waals surface area (Å²) < 4.78 is 7.26. The molecule has 2 aromatic rings. The fourth-order valence-electron chi connectivity index (χ4n) is 3.33. The van der Waals surface area contributed by atoms with Gasteiger partial charge in [-0.15, -0.1) is 24.0 Å². The summed E-state index contributed by atoms with van der Waals surface area (Å²) in [6.45, 7) is 5.08. The van der Waals surface area contributed by atoms with Gasteiger partial charge in [-0.2, -0.15) is 10.4 Å². The number of para-hydroxylation sites is 1. The molecule has 0 radical (unpaired) electrons. The van der Waals surface area contributed by atoms with Gasteiger partial charge in [0.1, 0.15) is 17.5 Å². The van der Waals surface area contributed by atoms with E-state index in [0.29, 0.717) is 24.3 Å². The maximum absolute atomic E-state index is 9.51. The topological polar surface area (TPSA) is 113 Å². The van der Waals surface area contributed by atoms with Gasteiger partial charge in [-0.05, 0) is 44.7 Å². The second-order valence-electron chi connectivity index (χ2n) is 6.95. The number of nitrogens with one attached hydrogen (secondary N) is 2. The molecule has 1 unspecified atom stereocenters. The zero-order chi connectivity index (χ0) is 20.5. The van der Waals surface area contributed by atoms with Crippen molar-refractivity contribution in [1.82, 2.24) is 20.4 Å². The van der Waals surface area contributed by atoms with Gasteiger partial charge in [0.25, 0.3) is 0 Å². The molecule has 4 N–H and O–H groups in total. The van der Waals surface area contributed by atoms with E-state index in [-0.39, 0.29) is 30.1 Å². The number of benzene rings is 1. The number of nitrogen functional groups attached to an aromatic ring is 1. The molecular weight excluding hydrogens is 493 g/mol. The number of ether oxygens (including phenoxy) is 1. The minimum Gasteiger partial charge on any atom is -0.382 e. The van der Waals surface area contributed by atoms with Crippen molar-refractivity contribution in [2.24, 2.45) is 4.99 Å². The maximum atomic E-state index is 9.51. The first-order valence-electron chi connectivity index (χ1n) is 10.2. The standard InChI is InChI=1S/C21H29N7O.HI/c1-2-24-21(26-15-17-10-7-13-29-17)25-12-6-11-19-18(14-22)20(23)28(27-19)16-8-4-3-5-9-16;/h3-5,8-9,17H,2,6-7,10-13,15,23H2,1H3,(H2,24,25,26);1H. The van der Waals surface area contributed by atoms with Crippen LogP contribution in [0.25, 0.3) is 5.69 Å². The Kier molecular flexibility index (Phi) is 9.89. The smallest absolute Gasteiger partial charge is 0.191 e. The van der Waals surface area contributed by atoms with Crippen LogP contribution in [0, 0.1) is 11.3 Å². The van der Waals surface area contributed by atoms with E-state index in [1.54, 1.807) is 4.68 Å². The molecule has 8 nitrogen and oxygen atoms in total. The first kappa shape index (κ1) is 24.0. The Balaban J connectivity index is 0.00000320. The van der Waals surface area contributed by atoms with Crippen molar-refractivity contribution in [3.05, 3.63) is 41.6 Å². The van der Waals surface area contributed by atoms with Crippen LogP contribution in [-0.2, 0) is 11.2 Å². The Morgan fingerprint density at radius 1 is 1.37 bits per heavy atom. The Bertz CT molecular complexity index is 854. The largest absolute Gasteiger partial charge is 0.382 e. The Morgan fingerprint density at radius 2 is 2.17 bits per heavy atom. The van der Waals surface area contributed by atoms with Gasteiger partial charge in [0.05, 0.1) is 24.0 Å². The highest BCUT2D eigenvalue weighted by Crippen LogP contribution is 2.21. The van der Waals surface area contributed by atoms with Crippen LogP contribution in [0.5, 0.6) is 0 Å². The molecule has 0 bridgehead atoms. The molecule has 1 aliphatic heterocycles. The van der Waals surface area contributed by atoms with E-state index in [1.165, 1.54) is 0 Å². The lowest BCUT2D eigenvalue weighted by Gasteiger charge is -2.12. The molecule has 2 heterocycles. The highest BCUT2D eigenvalue weighted by molar-refractivity contribution is 14.0. The SMILES string of the molecule is CCNC(=NCC1CCCO1)NCCCc1nn(-c2ccccc2)c(N)c1C#N.I. The minimum atomic E-state index is 0. The number of rotatable bonds is 8. The van der Waals surface area contributed by atoms with Crippen LogP contribution < -0.4 is 16.4 Å². The van der Waals surface area contributed by atoms with Crippen molar-refractivity contribution in [2.75, 3.05) is 32.0 Å². The highest BCUT2D eigenvalue weighted by atomic mass is 127. The molecule has 0 aliphatic carbocycles. The zero-order valence-corrected chi connectivity index (χ0v) is 19.6. The number of aryl methyl sites for hydroxylation is 1. The van der Waals surface area contributed by atoms with Gasteiger partial charge in [-0.25, -0.2) is 4.68 Å². The molecule has 1 fully saturated rings. The van der Waals surface area contributed by atoms with Gasteiger partial charge in [-0.3, -0.25) is 4.99 Å². The molecule has 1 aromatic heterocycles. The van der Waals surface area contributed by atoms with Crippen molar-refractivity contribution in [2.45, 2.75) is 38.7 Å². The van der Waals surface area contributed by atoms with Gasteiger partial charge in [0.2, 0.25) is 0 Å². The van der Waals surface area contributed by atoms with Crippen LogP contribution >= 0.6 is 24.0 Å². The Hall–Kier alpha value is -2.32. The molecule has 0 amide bonds. The van der Waals surface area contributed by atoms with Crippen LogP contribution in [0.15, 0.2) is 35.3 Å². The predicted molar refractivity (Wildman–Crippen MR) is 129 cm³/mol. The average Bonchev–Trinajstić information content (AvgIpc) is 3.37. The minimum absolute atomic E-state index is 0. The van der Waals surface area contributed by atoms with E-state index in [0.717, 1.165) is 56.3 Å². The normalized spacial score (nSPS) is 16.0. The summed E-state index contributed by atoms with van der Waals surface area (Å²) in [5.74, 6) is 1.17. The summed E-state index contributed by atoms with van der Waals surface area (Å²) in [6, 6.07) is 11.8. The summed E-state index contributed by atoms with van der Waals surface area (Å²) in [6.07, 6.45) is 3.89. The number of aliphatic imine (C=N–C) groups is 1. The number of anilines is 1. The number of aromatic nitrogens is 2. The van der Waals surface area contributed by atoms with Gasteiger partial charge >= 0.3 is 0 Å². The van der Waals surface area contributed by atoms with Gasteiger partial charge in [-0.1, -0.05) is 18.2 Å². The van der Waals surface area contributed by atoms with E-state index in [4.69, 9.17) is 10.5 Å². The third-order valence-corrected chi connectivity index (χ3v) is 4.81. The van der Waals surface area contributed by atoms with E-state index >= 15 is 0 Å². The molecule has 0 saturated carbocycles.